The summed E-state index contributed by atoms with van der Waals surface area (Å²) in [4.78, 5) is 16.7. The predicted molar refractivity (Wildman–Crippen MR) is 108 cm³/mol. The molecule has 7 nitrogen and oxygen atoms in total. The Labute approximate surface area is 169 Å². The Kier molecular flexibility index (Phi) is 5.03. The zero-order valence-corrected chi connectivity index (χ0v) is 16.5. The second-order valence-corrected chi connectivity index (χ2v) is 6.93. The number of esters is 1. The van der Waals surface area contributed by atoms with Gasteiger partial charge in [0.25, 0.3) is 0 Å². The average molecular weight is 390 g/mol. The molecule has 0 fully saturated rings. The lowest BCUT2D eigenvalue weighted by molar-refractivity contribution is -0.136. The minimum Gasteiger partial charge on any atom is -0.489 e. The molecule has 2 aromatic carbocycles. The maximum absolute atomic E-state index is 12.4. The number of allylic oxidation sites excluding steroid dienone is 1. The molecule has 0 radical (unpaired) electrons. The number of nitrogens with one attached hydrogen (secondary N) is 1. The van der Waals surface area contributed by atoms with Crippen LogP contribution in [0.4, 0.5) is 5.95 Å². The quantitative estimate of drug-likeness (QED) is 0.671. The van der Waals surface area contributed by atoms with Crippen LogP contribution in [0, 0.1) is 6.92 Å². The van der Waals surface area contributed by atoms with Crippen molar-refractivity contribution >= 4 is 11.9 Å². The molecule has 1 aliphatic heterocycles. The average Bonchev–Trinajstić information content (AvgIpc) is 3.20. The number of carbonyl (C=O) groups is 1. The third kappa shape index (κ3) is 3.71. The maximum Gasteiger partial charge on any atom is 0.338 e. The summed E-state index contributed by atoms with van der Waals surface area (Å²) >= 11 is 0. The predicted octanol–water partition coefficient (Wildman–Crippen LogP) is 3.63. The van der Waals surface area contributed by atoms with Gasteiger partial charge in [0, 0.05) is 5.70 Å². The minimum atomic E-state index is -0.424. The number of carbonyl (C=O) groups excluding carboxylic acids is 1. The molecule has 0 saturated heterocycles. The van der Waals surface area contributed by atoms with Crippen molar-refractivity contribution < 1.29 is 14.3 Å². The Morgan fingerprint density at radius 1 is 1.10 bits per heavy atom. The fourth-order valence-corrected chi connectivity index (χ4v) is 3.37. The summed E-state index contributed by atoms with van der Waals surface area (Å²) in [6.07, 6.45) is 1.46. The van der Waals surface area contributed by atoms with Crippen molar-refractivity contribution in [2.75, 3.05) is 12.4 Å². The van der Waals surface area contributed by atoms with E-state index in [4.69, 9.17) is 9.47 Å². The Bertz CT molecular complexity index is 1050. The monoisotopic (exact) mass is 390 g/mol. The summed E-state index contributed by atoms with van der Waals surface area (Å²) in [7, 11) is 1.37. The molecule has 29 heavy (non-hydrogen) atoms. The van der Waals surface area contributed by atoms with Gasteiger partial charge >= 0.3 is 5.97 Å². The summed E-state index contributed by atoms with van der Waals surface area (Å²) in [5, 5.41) is 7.39. The zero-order valence-electron chi connectivity index (χ0n) is 16.5. The molecule has 3 aromatic rings. The highest BCUT2D eigenvalue weighted by Gasteiger charge is 2.33. The molecule has 0 aliphatic carbocycles. The standard InChI is InChI=1S/C22H22N4O3/c1-14-4-6-16(7-5-14)12-29-18-10-8-17(9-11-18)20-19(21(27)28-3)15(2)25-22-23-13-24-26(20)22/h4-11,13,20H,12H2,1-3H3,(H,23,24,25)/t20-/m1/s1. The Morgan fingerprint density at radius 2 is 1.83 bits per heavy atom. The molecule has 0 bridgehead atoms. The van der Waals surface area contributed by atoms with Gasteiger partial charge in [-0.3, -0.25) is 0 Å². The fraction of sp³-hybridized carbons (Fsp3) is 0.227. The zero-order chi connectivity index (χ0) is 20.4. The van der Waals surface area contributed by atoms with Crippen molar-refractivity contribution in [1.82, 2.24) is 14.8 Å². The first kappa shape index (κ1) is 18.7. The number of fused-ring (bicyclic) bond motifs is 1. The highest BCUT2D eigenvalue weighted by Crippen LogP contribution is 2.35. The van der Waals surface area contributed by atoms with Gasteiger partial charge in [-0.05, 0) is 37.1 Å². The summed E-state index contributed by atoms with van der Waals surface area (Å²) < 4.78 is 12.6. The molecule has 7 heteroatoms. The van der Waals surface area contributed by atoms with Crippen LogP contribution in [0.2, 0.25) is 0 Å². The lowest BCUT2D eigenvalue weighted by Crippen LogP contribution is -2.29. The number of ether oxygens (including phenoxy) is 2. The van der Waals surface area contributed by atoms with E-state index >= 15 is 0 Å². The number of hydrogen-bond donors (Lipinski definition) is 1. The molecule has 1 aromatic heterocycles. The van der Waals surface area contributed by atoms with E-state index in [1.807, 2.05) is 31.2 Å². The van der Waals surface area contributed by atoms with Crippen LogP contribution in [0.15, 0.2) is 66.1 Å². The minimum absolute atomic E-state index is 0.402. The van der Waals surface area contributed by atoms with E-state index in [2.05, 4.69) is 46.6 Å². The van der Waals surface area contributed by atoms with Crippen molar-refractivity contribution in [3.63, 3.8) is 0 Å². The van der Waals surface area contributed by atoms with Crippen molar-refractivity contribution in [2.45, 2.75) is 26.5 Å². The number of hydrogen-bond acceptors (Lipinski definition) is 6. The van der Waals surface area contributed by atoms with Crippen molar-refractivity contribution in [3.8, 4) is 5.75 Å². The van der Waals surface area contributed by atoms with Gasteiger partial charge < -0.3 is 14.8 Å². The largest absolute Gasteiger partial charge is 0.489 e. The molecule has 0 amide bonds. The van der Waals surface area contributed by atoms with E-state index in [1.54, 1.807) is 4.68 Å². The summed E-state index contributed by atoms with van der Waals surface area (Å²) in [5.74, 6) is 0.933. The third-order valence-corrected chi connectivity index (χ3v) is 4.92. The first-order valence-corrected chi connectivity index (χ1v) is 9.30. The van der Waals surface area contributed by atoms with Crippen LogP contribution in [0.25, 0.3) is 0 Å². The van der Waals surface area contributed by atoms with Gasteiger partial charge in [0.1, 0.15) is 24.7 Å². The molecule has 0 saturated carbocycles. The van der Waals surface area contributed by atoms with Crippen molar-refractivity contribution in [3.05, 3.63) is 82.8 Å². The first-order chi connectivity index (χ1) is 14.1. The highest BCUT2D eigenvalue weighted by molar-refractivity contribution is 5.92. The van der Waals surface area contributed by atoms with Crippen molar-refractivity contribution in [2.24, 2.45) is 0 Å². The Morgan fingerprint density at radius 3 is 2.52 bits per heavy atom. The number of nitrogens with zero attached hydrogens (tertiary/aromatic N) is 3. The SMILES string of the molecule is COC(=O)C1=C(C)Nc2ncnn2[C@@H]1c1ccc(OCc2ccc(C)cc2)cc1. The van der Waals surface area contributed by atoms with E-state index in [0.717, 1.165) is 16.9 Å². The highest BCUT2D eigenvalue weighted by atomic mass is 16.5. The Hall–Kier alpha value is -3.61. The first-order valence-electron chi connectivity index (χ1n) is 9.30. The molecular weight excluding hydrogens is 368 g/mol. The summed E-state index contributed by atoms with van der Waals surface area (Å²) in [5.41, 5.74) is 4.41. The van der Waals surface area contributed by atoms with Crippen LogP contribution >= 0.6 is 0 Å². The van der Waals surface area contributed by atoms with Gasteiger partial charge in [-0.15, -0.1) is 0 Å². The number of aryl methyl sites for hydroxylation is 1. The molecule has 1 atom stereocenters. The molecule has 4 rings (SSSR count). The van der Waals surface area contributed by atoms with Gasteiger partial charge in [0.05, 0.1) is 12.7 Å². The molecule has 0 spiro atoms. The Balaban J connectivity index is 1.58. The molecule has 1 N–H and O–H groups in total. The van der Waals surface area contributed by atoms with Gasteiger partial charge in [-0.1, -0.05) is 42.0 Å². The lowest BCUT2D eigenvalue weighted by atomic mass is 9.96. The summed E-state index contributed by atoms with van der Waals surface area (Å²) in [6, 6.07) is 15.5. The molecule has 148 valence electrons. The smallest absolute Gasteiger partial charge is 0.338 e. The van der Waals surface area contributed by atoms with Crippen LogP contribution in [-0.4, -0.2) is 27.8 Å². The fourth-order valence-electron chi connectivity index (χ4n) is 3.37. The van der Waals surface area contributed by atoms with Crippen LogP contribution in [0.3, 0.4) is 0 Å². The molecule has 2 heterocycles. The lowest BCUT2D eigenvalue weighted by Gasteiger charge is -2.28. The molecular formula is C22H22N4O3. The number of anilines is 1. The van der Waals surface area contributed by atoms with Crippen LogP contribution < -0.4 is 10.1 Å². The van der Waals surface area contributed by atoms with E-state index in [1.165, 1.54) is 19.0 Å². The van der Waals surface area contributed by atoms with E-state index in [9.17, 15) is 4.79 Å². The van der Waals surface area contributed by atoms with Crippen LogP contribution in [0.5, 0.6) is 5.75 Å². The number of methoxy groups -OCH3 is 1. The second-order valence-electron chi connectivity index (χ2n) is 6.93. The molecule has 0 unspecified atom stereocenters. The van der Waals surface area contributed by atoms with Gasteiger partial charge in [0.2, 0.25) is 5.95 Å². The number of benzene rings is 2. The van der Waals surface area contributed by atoms with Gasteiger partial charge in [0.15, 0.2) is 0 Å². The molecule has 1 aliphatic rings. The maximum atomic E-state index is 12.4. The van der Waals surface area contributed by atoms with E-state index in [0.29, 0.717) is 23.8 Å². The second kappa shape index (κ2) is 7.79. The van der Waals surface area contributed by atoms with Crippen LogP contribution in [0.1, 0.15) is 29.7 Å². The van der Waals surface area contributed by atoms with Gasteiger partial charge in [-0.2, -0.15) is 10.1 Å². The topological polar surface area (TPSA) is 78.3 Å². The van der Waals surface area contributed by atoms with Crippen LogP contribution in [-0.2, 0) is 16.1 Å². The van der Waals surface area contributed by atoms with E-state index < -0.39 is 12.0 Å². The van der Waals surface area contributed by atoms with E-state index in [-0.39, 0.29) is 0 Å². The third-order valence-electron chi connectivity index (χ3n) is 4.92. The van der Waals surface area contributed by atoms with Crippen molar-refractivity contribution in [1.29, 1.82) is 0 Å². The normalized spacial score (nSPS) is 15.5. The number of rotatable bonds is 5. The van der Waals surface area contributed by atoms with Gasteiger partial charge in [-0.25, -0.2) is 9.48 Å². The summed E-state index contributed by atoms with van der Waals surface area (Å²) in [6.45, 7) is 4.38. The number of aromatic nitrogens is 3.